The minimum atomic E-state index is -1.21. The molecule has 0 aromatic heterocycles. The second kappa shape index (κ2) is 16.5. The Morgan fingerprint density at radius 3 is 1.27 bits per heavy atom. The van der Waals surface area contributed by atoms with Crippen molar-refractivity contribution in [3.05, 3.63) is 0 Å². The Morgan fingerprint density at radius 2 is 1.27 bits per heavy atom. The van der Waals surface area contributed by atoms with Crippen molar-refractivity contribution in [1.29, 1.82) is 0 Å². The van der Waals surface area contributed by atoms with Crippen molar-refractivity contribution in [2.24, 2.45) is 5.73 Å². The number of aldehydes is 1. The van der Waals surface area contributed by atoms with Gasteiger partial charge in [-0.1, -0.05) is 0 Å². The van der Waals surface area contributed by atoms with E-state index in [-0.39, 0.29) is 55.9 Å². The first kappa shape index (κ1) is 30.6. The van der Waals surface area contributed by atoms with Gasteiger partial charge in [0.1, 0.15) is 0 Å². The van der Waals surface area contributed by atoms with Crippen molar-refractivity contribution in [1.82, 2.24) is 0 Å². The van der Waals surface area contributed by atoms with Crippen molar-refractivity contribution in [3.8, 4) is 0 Å². The van der Waals surface area contributed by atoms with Gasteiger partial charge in [0.25, 0.3) is 11.7 Å². The average molecular weight is 247 g/mol. The molecule has 2 N–H and O–H groups in total. The highest BCUT2D eigenvalue weighted by atomic mass is 35.5. The summed E-state index contributed by atoms with van der Waals surface area (Å²) in [6, 6.07) is 0. The minimum absolute atomic E-state index is 0. The van der Waals surface area contributed by atoms with Gasteiger partial charge in [-0.3, -0.25) is 14.4 Å². The molecule has 0 bridgehead atoms. The van der Waals surface area contributed by atoms with Crippen LogP contribution in [0.3, 0.4) is 0 Å². The van der Waals surface area contributed by atoms with E-state index in [1.807, 2.05) is 0 Å². The van der Waals surface area contributed by atoms with Crippen LogP contribution in [0.4, 0.5) is 0 Å². The first-order chi connectivity index (χ1) is 3.18. The number of nitrogens with two attached hydrogens (primary N) is 1. The molecule has 0 aromatic rings. The molecular weight excluding hydrogens is 240 g/mol. The smallest absolute Gasteiger partial charge is 0.292 e. The first-order valence-corrected chi connectivity index (χ1v) is 1.47. The fraction of sp³-hybridized carbons (Fsp3) is 0. The fourth-order valence-corrected chi connectivity index (χ4v) is 0.0581. The quantitative estimate of drug-likeness (QED) is 0.421. The molecule has 0 aliphatic rings. The van der Waals surface area contributed by atoms with Gasteiger partial charge in [0.05, 0.1) is 0 Å². The number of carbonyl (C=O) groups is 3. The molecule has 0 aromatic carbocycles. The van der Waals surface area contributed by atoms with Crippen LogP contribution in [0.15, 0.2) is 0 Å². The van der Waals surface area contributed by atoms with Gasteiger partial charge in [-0.25, -0.2) is 0 Å². The third-order valence-corrected chi connectivity index (χ3v) is 0.350. The van der Waals surface area contributed by atoms with E-state index in [0.717, 1.165) is 0 Å². The molecule has 4 nitrogen and oxygen atoms in total. The van der Waals surface area contributed by atoms with E-state index >= 15 is 0 Å². The molecule has 0 saturated carbocycles. The first-order valence-electron chi connectivity index (χ1n) is 1.47. The average Bonchev–Trinajstić information content (AvgIpc) is 1.65. The summed E-state index contributed by atoms with van der Waals surface area (Å²) in [5.41, 5.74) is 4.33. The molecule has 0 aliphatic heterocycles. The monoisotopic (exact) mass is 245 g/mol. The van der Waals surface area contributed by atoms with Crippen LogP contribution in [0, 0.1) is 0 Å². The van der Waals surface area contributed by atoms with Gasteiger partial charge in [-0.15, -0.1) is 49.6 Å². The summed E-state index contributed by atoms with van der Waals surface area (Å²) in [5.74, 6) is -2.41. The molecule has 0 spiro atoms. The lowest BCUT2D eigenvalue weighted by Gasteiger charge is -1.73. The molecule has 70 valence electrons. The maximum atomic E-state index is 9.67. The Balaban J connectivity index is -0.0000000300. The van der Waals surface area contributed by atoms with Crippen LogP contribution in [0.2, 0.25) is 0 Å². The van der Waals surface area contributed by atoms with E-state index in [0.29, 0.717) is 0 Å². The lowest BCUT2D eigenvalue weighted by Crippen LogP contribution is -2.23. The molecule has 0 rings (SSSR count). The van der Waals surface area contributed by atoms with E-state index in [9.17, 15) is 14.4 Å². The number of carbonyl (C=O) groups excluding carboxylic acids is 3. The Morgan fingerprint density at radius 1 is 1.00 bits per heavy atom. The van der Waals surface area contributed by atoms with Crippen LogP contribution < -0.4 is 5.73 Å². The molecule has 0 fully saturated rings. The third kappa shape index (κ3) is 17.8. The summed E-state index contributed by atoms with van der Waals surface area (Å²) in [6.07, 6.45) is -0.123. The summed E-state index contributed by atoms with van der Waals surface area (Å²) >= 11 is 0. The fourth-order valence-electron chi connectivity index (χ4n) is 0.0581. The summed E-state index contributed by atoms with van der Waals surface area (Å²) in [6.45, 7) is 0. The molecule has 0 radical (unpaired) electrons. The van der Waals surface area contributed by atoms with Crippen molar-refractivity contribution in [3.63, 3.8) is 0 Å². The number of ketones is 1. The second-order valence-corrected chi connectivity index (χ2v) is 0.846. The highest BCUT2D eigenvalue weighted by Crippen LogP contribution is 1.55. The normalized spacial score (nSPS) is 4.73. The van der Waals surface area contributed by atoms with E-state index < -0.39 is 11.7 Å². The molecule has 0 saturated heterocycles. The Labute approximate surface area is 87.9 Å². The zero-order valence-electron chi connectivity index (χ0n) is 5.01. The molecule has 0 heterocycles. The van der Waals surface area contributed by atoms with Crippen molar-refractivity contribution in [2.45, 2.75) is 0 Å². The third-order valence-electron chi connectivity index (χ3n) is 0.350. The number of primary amides is 1. The maximum Gasteiger partial charge on any atom is 0.292 e. The highest BCUT2D eigenvalue weighted by Gasteiger charge is 2.03. The standard InChI is InChI=1S/C3H3NO3.4ClH/c4-3(7)2(6)1-5;;;;/h1H,(H2,4,7);4*1H. The van der Waals surface area contributed by atoms with E-state index in [2.05, 4.69) is 5.73 Å². The van der Waals surface area contributed by atoms with Crippen LogP contribution in [-0.4, -0.2) is 18.0 Å². The summed E-state index contributed by atoms with van der Waals surface area (Å²) in [5, 5.41) is 0. The number of Topliss-reactive ketones (excluding diaryl/α,β-unsaturated/α-hetero) is 1. The molecule has 8 heteroatoms. The van der Waals surface area contributed by atoms with Gasteiger partial charge in [-0.05, 0) is 0 Å². The van der Waals surface area contributed by atoms with Gasteiger partial charge in [0.2, 0.25) is 0 Å². The lowest BCUT2D eigenvalue weighted by atomic mass is 10.4. The number of rotatable bonds is 2. The van der Waals surface area contributed by atoms with Gasteiger partial charge < -0.3 is 5.73 Å². The predicted octanol–water partition coefficient (Wildman–Crippen LogP) is -0.0731. The SMILES string of the molecule is Cl.Cl.Cl.Cl.NC(=O)C(=O)C=O. The topological polar surface area (TPSA) is 77.2 Å². The number of halogens is 4. The Bertz CT molecular complexity index is 128. The van der Waals surface area contributed by atoms with Crippen LogP contribution in [0.25, 0.3) is 0 Å². The molecule has 0 atom stereocenters. The molecule has 11 heavy (non-hydrogen) atoms. The summed E-state index contributed by atoms with van der Waals surface area (Å²) in [7, 11) is 0. The Kier molecular flexibility index (Phi) is 45.9. The molecule has 0 unspecified atom stereocenters. The van der Waals surface area contributed by atoms with Crippen molar-refractivity contribution in [2.75, 3.05) is 0 Å². The molecular formula is C3H7Cl4NO3. The van der Waals surface area contributed by atoms with Crippen molar-refractivity contribution < 1.29 is 14.4 Å². The van der Waals surface area contributed by atoms with Gasteiger partial charge in [0.15, 0.2) is 6.29 Å². The molecule has 1 amide bonds. The number of amides is 1. The summed E-state index contributed by atoms with van der Waals surface area (Å²) in [4.78, 5) is 28.5. The zero-order chi connectivity index (χ0) is 5.86. The van der Waals surface area contributed by atoms with Gasteiger partial charge >= 0.3 is 0 Å². The van der Waals surface area contributed by atoms with E-state index in [4.69, 9.17) is 0 Å². The van der Waals surface area contributed by atoms with E-state index in [1.54, 1.807) is 0 Å². The molecule has 0 aliphatic carbocycles. The highest BCUT2D eigenvalue weighted by molar-refractivity contribution is 6.56. The largest absolute Gasteiger partial charge is 0.363 e. The zero-order valence-corrected chi connectivity index (χ0v) is 8.28. The van der Waals surface area contributed by atoms with Crippen LogP contribution in [0.1, 0.15) is 0 Å². The maximum absolute atomic E-state index is 9.67. The van der Waals surface area contributed by atoms with Crippen LogP contribution in [-0.2, 0) is 14.4 Å². The second-order valence-electron chi connectivity index (χ2n) is 0.846. The number of hydrogen-bond acceptors (Lipinski definition) is 3. The Hall–Kier alpha value is -0.0300. The predicted molar refractivity (Wildman–Crippen MR) is 49.3 cm³/mol. The van der Waals surface area contributed by atoms with Crippen LogP contribution in [0.5, 0.6) is 0 Å². The van der Waals surface area contributed by atoms with Gasteiger partial charge in [0, 0.05) is 0 Å². The number of hydrogen-bond donors (Lipinski definition) is 1. The van der Waals surface area contributed by atoms with Crippen molar-refractivity contribution >= 4 is 67.6 Å². The summed E-state index contributed by atoms with van der Waals surface area (Å²) < 4.78 is 0. The van der Waals surface area contributed by atoms with E-state index in [1.165, 1.54) is 0 Å². The van der Waals surface area contributed by atoms with Gasteiger partial charge in [-0.2, -0.15) is 0 Å². The lowest BCUT2D eigenvalue weighted by molar-refractivity contribution is -0.139. The minimum Gasteiger partial charge on any atom is -0.363 e. The van der Waals surface area contributed by atoms with Crippen LogP contribution >= 0.6 is 49.6 Å².